The third kappa shape index (κ3) is 4.78. The molecular weight excluding hydrogens is 355 g/mol. The van der Waals surface area contributed by atoms with Gasteiger partial charge in [-0.2, -0.15) is 0 Å². The number of hydrogen-bond acceptors (Lipinski definition) is 2. The maximum Gasteiger partial charge on any atom is 2.00 e. The summed E-state index contributed by atoms with van der Waals surface area (Å²) in [6.45, 7) is 17.6. The van der Waals surface area contributed by atoms with Crippen LogP contribution >= 0.6 is 0 Å². The second-order valence-corrected chi connectivity index (χ2v) is 10.6. The average Bonchev–Trinajstić information content (AvgIpc) is 2.89. The molecule has 4 heterocycles. The van der Waals surface area contributed by atoms with E-state index in [1.807, 2.05) is 0 Å². The molecule has 0 aromatic rings. The van der Waals surface area contributed by atoms with Crippen LogP contribution in [-0.2, 0) is 16.5 Å². The second kappa shape index (κ2) is 6.25. The Kier molecular flexibility index (Phi) is 5.19. The van der Waals surface area contributed by atoms with Gasteiger partial charge < -0.3 is 20.6 Å². The Balaban J connectivity index is 0.000000173. The van der Waals surface area contributed by atoms with Crippen molar-refractivity contribution in [3.63, 3.8) is 0 Å². The van der Waals surface area contributed by atoms with Gasteiger partial charge in [-0.15, -0.1) is 0 Å². The van der Waals surface area contributed by atoms with Crippen molar-refractivity contribution in [2.45, 2.75) is 103 Å². The summed E-state index contributed by atoms with van der Waals surface area (Å²) in [7, 11) is 0. The SMILES string of the molecule is CC1(C)CC2CC(C)(C)[N-]C2=N1.CC1(C)CC2CC(C)(C)[N-]C2=N1.[Ni+2]. The van der Waals surface area contributed by atoms with E-state index < -0.39 is 0 Å². The van der Waals surface area contributed by atoms with Crippen molar-refractivity contribution in [3.05, 3.63) is 10.6 Å². The molecule has 2 unspecified atom stereocenters. The van der Waals surface area contributed by atoms with Crippen LogP contribution in [0.1, 0.15) is 81.1 Å². The van der Waals surface area contributed by atoms with Crippen molar-refractivity contribution in [1.29, 1.82) is 0 Å². The first kappa shape index (κ1) is 20.7. The summed E-state index contributed by atoms with van der Waals surface area (Å²) in [6, 6.07) is 0. The molecule has 2 atom stereocenters. The monoisotopic (exact) mass is 388 g/mol. The molecule has 4 aliphatic heterocycles. The molecule has 0 N–H and O–H groups in total. The number of nitrogens with zero attached hydrogens (tertiary/aromatic N) is 4. The van der Waals surface area contributed by atoms with Crippen LogP contribution in [0.15, 0.2) is 9.98 Å². The van der Waals surface area contributed by atoms with E-state index in [1.165, 1.54) is 25.7 Å². The summed E-state index contributed by atoms with van der Waals surface area (Å²) in [5.41, 5.74) is 0.611. The van der Waals surface area contributed by atoms with E-state index in [0.29, 0.717) is 11.8 Å². The average molecular weight is 389 g/mol. The van der Waals surface area contributed by atoms with E-state index in [0.717, 1.165) is 11.7 Å². The first-order valence-electron chi connectivity index (χ1n) is 9.41. The number of rotatable bonds is 0. The summed E-state index contributed by atoms with van der Waals surface area (Å²) < 4.78 is 0. The molecule has 0 spiro atoms. The van der Waals surface area contributed by atoms with Crippen LogP contribution in [0, 0.1) is 11.8 Å². The molecule has 0 aromatic carbocycles. The second-order valence-electron chi connectivity index (χ2n) is 10.6. The van der Waals surface area contributed by atoms with Gasteiger partial charge in [0, 0.05) is 0 Å². The Morgan fingerprint density at radius 1 is 0.640 bits per heavy atom. The fourth-order valence-electron chi connectivity index (χ4n) is 4.76. The summed E-state index contributed by atoms with van der Waals surface area (Å²) in [6.07, 6.45) is 4.76. The molecule has 2 saturated heterocycles. The van der Waals surface area contributed by atoms with E-state index in [9.17, 15) is 0 Å². The summed E-state index contributed by atoms with van der Waals surface area (Å²) in [4.78, 5) is 9.26. The minimum atomic E-state index is 0. The van der Waals surface area contributed by atoms with Crippen molar-refractivity contribution in [2.24, 2.45) is 21.8 Å². The largest absolute Gasteiger partial charge is 2.00 e. The zero-order valence-electron chi connectivity index (χ0n) is 17.1. The van der Waals surface area contributed by atoms with E-state index >= 15 is 0 Å². The fraction of sp³-hybridized carbons (Fsp3) is 0.900. The van der Waals surface area contributed by atoms with Gasteiger partial charge in [0.05, 0.1) is 0 Å². The molecule has 4 aliphatic rings. The van der Waals surface area contributed by atoms with Crippen molar-refractivity contribution >= 4 is 11.7 Å². The molecule has 4 nitrogen and oxygen atoms in total. The van der Waals surface area contributed by atoms with Gasteiger partial charge in [0.2, 0.25) is 0 Å². The Morgan fingerprint density at radius 2 is 0.960 bits per heavy atom. The molecule has 5 heteroatoms. The van der Waals surface area contributed by atoms with Crippen LogP contribution in [0.4, 0.5) is 0 Å². The molecule has 4 rings (SSSR count). The quantitative estimate of drug-likeness (QED) is 0.493. The number of amidine groups is 2. The van der Waals surface area contributed by atoms with Crippen LogP contribution in [0.25, 0.3) is 10.6 Å². The Hall–Kier alpha value is -0.566. The third-order valence-electron chi connectivity index (χ3n) is 5.38. The first-order valence-corrected chi connectivity index (χ1v) is 9.41. The van der Waals surface area contributed by atoms with Crippen molar-refractivity contribution in [3.8, 4) is 0 Å². The van der Waals surface area contributed by atoms with Crippen molar-refractivity contribution < 1.29 is 16.5 Å². The van der Waals surface area contributed by atoms with Crippen molar-refractivity contribution in [2.75, 3.05) is 0 Å². The number of hydrogen-bond donors (Lipinski definition) is 0. The van der Waals surface area contributed by atoms with Gasteiger partial charge in [-0.1, -0.05) is 67.1 Å². The van der Waals surface area contributed by atoms with Gasteiger partial charge in [0.15, 0.2) is 0 Å². The Labute approximate surface area is 164 Å². The first-order chi connectivity index (χ1) is 10.8. The van der Waals surface area contributed by atoms with Gasteiger partial charge >= 0.3 is 16.5 Å². The zero-order valence-corrected chi connectivity index (χ0v) is 18.1. The molecule has 0 saturated carbocycles. The molecule has 0 aromatic heterocycles. The molecule has 25 heavy (non-hydrogen) atoms. The zero-order chi connectivity index (χ0) is 18.0. The maximum atomic E-state index is 4.63. The molecule has 144 valence electrons. The van der Waals surface area contributed by atoms with E-state index in [1.54, 1.807) is 0 Å². The molecule has 0 radical (unpaired) electrons. The predicted octanol–water partition coefficient (Wildman–Crippen LogP) is 5.48. The molecule has 0 amide bonds. The van der Waals surface area contributed by atoms with Crippen LogP contribution in [0.5, 0.6) is 0 Å². The van der Waals surface area contributed by atoms with Gasteiger partial charge in [-0.3, -0.25) is 0 Å². The van der Waals surface area contributed by atoms with Gasteiger partial charge in [-0.05, 0) is 59.7 Å². The van der Waals surface area contributed by atoms with Crippen molar-refractivity contribution in [1.82, 2.24) is 0 Å². The number of aliphatic imine (C=N–C) groups is 2. The van der Waals surface area contributed by atoms with E-state index in [2.05, 4.69) is 76.0 Å². The molecule has 0 bridgehead atoms. The van der Waals surface area contributed by atoms with Gasteiger partial charge in [-0.25, -0.2) is 0 Å². The minimum absolute atomic E-state index is 0. The Bertz CT molecular complexity index is 535. The predicted molar refractivity (Wildman–Crippen MR) is 103 cm³/mol. The van der Waals surface area contributed by atoms with Crippen LogP contribution < -0.4 is 0 Å². The number of fused-ring (bicyclic) bond motifs is 2. The minimum Gasteiger partial charge on any atom is -0.463 e. The topological polar surface area (TPSA) is 52.9 Å². The van der Waals surface area contributed by atoms with Crippen LogP contribution in [0.3, 0.4) is 0 Å². The van der Waals surface area contributed by atoms with E-state index in [4.69, 9.17) is 0 Å². The fourth-order valence-corrected chi connectivity index (χ4v) is 4.76. The normalized spacial score (nSPS) is 34.2. The van der Waals surface area contributed by atoms with Crippen LogP contribution in [-0.4, -0.2) is 33.8 Å². The standard InChI is InChI=1S/2C10H17N2.Ni/c2*1-9(2)5-7-6-10(3,4)12-8(7)11-9;/h2*7H,5-6H2,1-4H3;/q2*-1;+2. The molecule has 2 fully saturated rings. The summed E-state index contributed by atoms with van der Waals surface area (Å²) in [5, 5.41) is 9.26. The van der Waals surface area contributed by atoms with Gasteiger partial charge in [0.25, 0.3) is 0 Å². The summed E-state index contributed by atoms with van der Waals surface area (Å²) in [5.74, 6) is 3.56. The van der Waals surface area contributed by atoms with Crippen LogP contribution in [0.2, 0.25) is 0 Å². The van der Waals surface area contributed by atoms with Gasteiger partial charge in [0.1, 0.15) is 0 Å². The van der Waals surface area contributed by atoms with E-state index in [-0.39, 0.29) is 38.6 Å². The molecular formula is C20H34N4Ni. The summed E-state index contributed by atoms with van der Waals surface area (Å²) >= 11 is 0. The smallest absolute Gasteiger partial charge is 0.463 e. The molecule has 0 aliphatic carbocycles. The third-order valence-corrected chi connectivity index (χ3v) is 5.38. The Morgan fingerprint density at radius 3 is 1.24 bits per heavy atom. The maximum absolute atomic E-state index is 4.63.